The second-order valence-electron chi connectivity index (χ2n) is 13.5. The van der Waals surface area contributed by atoms with E-state index in [-0.39, 0.29) is 47.3 Å². The molecule has 66 heavy (non-hydrogen) atoms. The van der Waals surface area contributed by atoms with Crippen LogP contribution in [-0.2, 0) is 70.4 Å². The van der Waals surface area contributed by atoms with E-state index in [0.29, 0.717) is 0 Å². The van der Waals surface area contributed by atoms with Crippen LogP contribution in [0.2, 0.25) is 0 Å². The Morgan fingerprint density at radius 3 is 1.95 bits per heavy atom. The largest absolute Gasteiger partial charge is 0.490 e. The zero-order valence-corrected chi connectivity index (χ0v) is 37.2. The van der Waals surface area contributed by atoms with Gasteiger partial charge in [0.2, 0.25) is 17.7 Å². The van der Waals surface area contributed by atoms with Crippen molar-refractivity contribution in [3.63, 3.8) is 0 Å². The molecular weight excluding hydrogens is 1010 g/mol. The number of nitrogens with one attached hydrogen (secondary N) is 3. The number of phosphoric ester groups is 2. The van der Waals surface area contributed by atoms with Gasteiger partial charge in [0.1, 0.15) is 24.4 Å². The molecule has 0 aromatic carbocycles. The van der Waals surface area contributed by atoms with Crippen LogP contribution in [0.5, 0.6) is 0 Å². The number of anilines is 2. The number of nitrogens with two attached hydrogens (primary N) is 3. The van der Waals surface area contributed by atoms with Crippen LogP contribution in [0.1, 0.15) is 12.5 Å². The lowest BCUT2D eigenvalue weighted by Gasteiger charge is -2.22. The lowest BCUT2D eigenvalue weighted by atomic mass is 10.1. The van der Waals surface area contributed by atoms with Gasteiger partial charge in [-0.15, -0.1) is 0 Å². The number of imidazole rings is 2. The maximum atomic E-state index is 12.8. The minimum absolute atomic E-state index is 0.0643. The van der Waals surface area contributed by atoms with Gasteiger partial charge in [-0.1, -0.05) is 4.98 Å². The van der Waals surface area contributed by atoms with Crippen LogP contribution in [0.25, 0.3) is 22.3 Å². The van der Waals surface area contributed by atoms with Crippen LogP contribution >= 0.6 is 39.1 Å². The highest BCUT2D eigenvalue weighted by atomic mass is 31.3. The van der Waals surface area contributed by atoms with Crippen LogP contribution in [0.4, 0.5) is 16.7 Å². The molecule has 368 valence electrons. The summed E-state index contributed by atoms with van der Waals surface area (Å²) < 4.78 is 107. The van der Waals surface area contributed by atoms with E-state index < -0.39 is 119 Å². The van der Waals surface area contributed by atoms with E-state index in [1.807, 2.05) is 0 Å². The van der Waals surface area contributed by atoms with Gasteiger partial charge in [-0.3, -0.25) is 37.7 Å². The number of carbonyl (C=O) groups excluding carboxylic acids is 1. The van der Waals surface area contributed by atoms with E-state index in [1.54, 1.807) is 0 Å². The number of phosphoric acid groups is 5. The zero-order chi connectivity index (χ0) is 48.9. The Kier molecular flexibility index (Phi) is 15.0. The van der Waals surface area contributed by atoms with Crippen molar-refractivity contribution in [2.24, 2.45) is 12.8 Å². The molecule has 2 aliphatic rings. The molecule has 37 nitrogen and oxygen atoms in total. The van der Waals surface area contributed by atoms with Gasteiger partial charge in [-0.05, 0) is 0 Å². The summed E-state index contributed by atoms with van der Waals surface area (Å²) >= 11 is 0. The number of nitrogens with zero attached hydrogens (tertiary/aromatic N) is 6. The van der Waals surface area contributed by atoms with Crippen molar-refractivity contribution in [2.45, 2.75) is 49.1 Å². The molecule has 2 fully saturated rings. The number of rotatable bonds is 19. The second-order valence-corrected chi connectivity index (χ2v) is 21.3. The summed E-state index contributed by atoms with van der Waals surface area (Å²) in [6.45, 7) is -2.73. The molecule has 13 atom stereocenters. The first kappa shape index (κ1) is 51.4. The molecule has 0 spiro atoms. The Balaban J connectivity index is 1.06. The number of fused-ring (bicyclic) bond motifs is 2. The predicted octanol–water partition coefficient (Wildman–Crippen LogP) is -4.62. The summed E-state index contributed by atoms with van der Waals surface area (Å²) in [5, 5.41) is 34.4. The number of ether oxygens (including phenoxy) is 3. The molecular formula is C24H38N12O25P5+. The van der Waals surface area contributed by atoms with E-state index in [2.05, 4.69) is 56.5 Å². The second kappa shape index (κ2) is 19.2. The lowest BCUT2D eigenvalue weighted by Crippen LogP contribution is -2.47. The highest BCUT2D eigenvalue weighted by Gasteiger charge is 2.53. The van der Waals surface area contributed by atoms with Crippen LogP contribution < -0.4 is 38.2 Å². The van der Waals surface area contributed by atoms with Gasteiger partial charge in [-0.25, -0.2) is 37.2 Å². The smallest absolute Gasteiger partial charge is 0.440 e. The number of carbonyl (C=O) groups is 1. The molecule has 0 radical (unpaired) electrons. The lowest BCUT2D eigenvalue weighted by molar-refractivity contribution is -0.745. The molecule has 6 heterocycles. The minimum Gasteiger partial charge on any atom is -0.440 e. The fraction of sp³-hybridized carbons (Fsp3) is 0.542. The molecule has 42 heteroatoms. The fourth-order valence-electron chi connectivity index (χ4n) is 6.20. The SMILES string of the molecule is Cn1c[n+]([C@@H]2O[C@H](COP(=O)(O)OP(=O)(O)OP(=O)(O)OP(=O)(O)OP(=O)(O)OC[C@H]3O[C@@H](n4cnc5c(=O)[nH]c(N)nc54)[C@H](O)[C@@H]3O)[C@@H](OC(=O)NCCN)[C@H]2O)c2nc(N)[nH]c(=O)c21. The van der Waals surface area contributed by atoms with Crippen molar-refractivity contribution < 1.29 is 112 Å². The van der Waals surface area contributed by atoms with Crippen molar-refractivity contribution in [2.75, 3.05) is 37.8 Å². The van der Waals surface area contributed by atoms with Crippen LogP contribution in [0, 0.1) is 0 Å². The summed E-state index contributed by atoms with van der Waals surface area (Å²) in [4.78, 5) is 103. The van der Waals surface area contributed by atoms with Crippen molar-refractivity contribution >= 4 is 79.4 Å². The maximum absolute atomic E-state index is 12.8. The van der Waals surface area contributed by atoms with Crippen molar-refractivity contribution in [3.8, 4) is 0 Å². The third-order valence-electron chi connectivity index (χ3n) is 8.72. The molecule has 6 rings (SSSR count). The van der Waals surface area contributed by atoms with Crippen molar-refractivity contribution in [1.29, 1.82) is 0 Å². The predicted molar refractivity (Wildman–Crippen MR) is 207 cm³/mol. The summed E-state index contributed by atoms with van der Waals surface area (Å²) in [5.41, 5.74) is 14.3. The molecule has 2 saturated heterocycles. The van der Waals surface area contributed by atoms with Gasteiger partial charge in [0.15, 0.2) is 35.9 Å². The summed E-state index contributed by atoms with van der Waals surface area (Å²) in [6.07, 6.45) is -13.4. The number of aromatic nitrogens is 8. The van der Waals surface area contributed by atoms with Gasteiger partial charge < -0.3 is 76.5 Å². The quantitative estimate of drug-likeness (QED) is 0.0310. The number of hydrogen-bond acceptors (Lipinski definition) is 26. The Morgan fingerprint density at radius 2 is 1.36 bits per heavy atom. The average Bonchev–Trinajstić information content (AvgIpc) is 3.89. The molecule has 0 aliphatic carbocycles. The third-order valence-corrected chi connectivity index (χ3v) is 16.3. The van der Waals surface area contributed by atoms with E-state index in [9.17, 15) is 77.0 Å². The number of aliphatic hydroxyl groups excluding tert-OH is 3. The van der Waals surface area contributed by atoms with Gasteiger partial charge in [0, 0.05) is 13.1 Å². The normalized spacial score (nSPS) is 28.0. The first-order valence-electron chi connectivity index (χ1n) is 17.8. The summed E-state index contributed by atoms with van der Waals surface area (Å²) in [5.74, 6) is -0.736. The minimum atomic E-state index is -6.55. The van der Waals surface area contributed by atoms with Gasteiger partial charge >= 0.3 is 50.9 Å². The van der Waals surface area contributed by atoms with Crippen LogP contribution in [-0.4, -0.2) is 143 Å². The molecule has 17 N–H and O–H groups in total. The summed E-state index contributed by atoms with van der Waals surface area (Å²) in [7, 11) is -30.0. The van der Waals surface area contributed by atoms with Gasteiger partial charge in [-0.2, -0.15) is 22.2 Å². The number of aryl methyl sites for hydroxylation is 1. The average molecular weight is 1050 g/mol. The van der Waals surface area contributed by atoms with E-state index >= 15 is 0 Å². The molecule has 0 saturated carbocycles. The van der Waals surface area contributed by atoms with E-state index in [0.717, 1.165) is 15.5 Å². The van der Waals surface area contributed by atoms with E-state index in [4.69, 9.17) is 31.4 Å². The molecule has 2 aliphatic heterocycles. The summed E-state index contributed by atoms with van der Waals surface area (Å²) in [6, 6.07) is 0. The number of hydrogen-bond donors (Lipinski definition) is 14. The monoisotopic (exact) mass is 1050 g/mol. The topological polar surface area (TPSA) is 556 Å². The Hall–Kier alpha value is -3.96. The molecule has 4 aromatic rings. The number of aliphatic hydroxyl groups is 3. The zero-order valence-electron chi connectivity index (χ0n) is 32.8. The number of nitrogen functional groups attached to an aromatic ring is 2. The fourth-order valence-corrected chi connectivity index (χ4v) is 12.6. The molecule has 1 amide bonds. The maximum Gasteiger partial charge on any atom is 0.490 e. The van der Waals surface area contributed by atoms with Crippen molar-refractivity contribution in [3.05, 3.63) is 33.4 Å². The Bertz CT molecular complexity index is 2860. The standard InChI is InChI=1S/C24H37N12O25P5/c1-34-7-36(17-11(34)19(41)33-23(27)31-17)21-14(39)15(57-24(42)28-3-2-25)9(56-21)5-54-63(45,46)59-65(49,50)61-66(51,52)60-64(47,48)58-62(43,44)53-4-8-12(37)13(38)20(55-8)35-6-29-10-16(35)30-22(26)32-18(10)40/h6-9,12-15,20-21,37-39H,2-5,25H2,1H3,(H11-,26,27,28,30,31,32,33,40,41,42,43,44,45,46,47,48,49,50,51,52)/p+1/t8-,9-,12-,13-,14-,15-,20-,21-/m1/s1. The Morgan fingerprint density at radius 1 is 0.818 bits per heavy atom. The van der Waals surface area contributed by atoms with Gasteiger partial charge in [0.05, 0.1) is 26.6 Å². The third kappa shape index (κ3) is 11.8. The first-order valence-corrected chi connectivity index (χ1v) is 25.3. The van der Waals surface area contributed by atoms with Crippen LogP contribution in [0.15, 0.2) is 22.2 Å². The van der Waals surface area contributed by atoms with E-state index in [1.165, 1.54) is 17.9 Å². The molecule has 0 bridgehead atoms. The van der Waals surface area contributed by atoms with Gasteiger partial charge in [0.25, 0.3) is 17.1 Å². The number of amides is 1. The number of H-pyrrole nitrogens is 2. The molecule has 5 unspecified atom stereocenters. The number of aromatic amines is 2. The highest BCUT2D eigenvalue weighted by Crippen LogP contribution is 2.73. The van der Waals surface area contributed by atoms with Crippen molar-refractivity contribution in [1.82, 2.24) is 39.4 Å². The van der Waals surface area contributed by atoms with Crippen LogP contribution in [0.3, 0.4) is 0 Å². The number of alkyl carbamates (subject to hydrolysis) is 1. The molecule has 4 aromatic heterocycles. The highest BCUT2D eigenvalue weighted by molar-refractivity contribution is 7.71. The Labute approximate surface area is 363 Å². The first-order chi connectivity index (χ1) is 30.5.